The molecular weight excluding hydrogens is 188 g/mol. The van der Waals surface area contributed by atoms with Gasteiger partial charge in [-0.1, -0.05) is 24.6 Å². The van der Waals surface area contributed by atoms with Crippen LogP contribution in [0.1, 0.15) is 20.3 Å². The third-order valence-corrected chi connectivity index (χ3v) is 3.72. The highest BCUT2D eigenvalue weighted by Gasteiger charge is 1.99. The first-order valence-electron chi connectivity index (χ1n) is 4.04. The average Bonchev–Trinajstić information content (AvgIpc) is 1.98. The van der Waals surface area contributed by atoms with E-state index in [9.17, 15) is 0 Å². The Labute approximate surface area is 83.2 Å². The van der Waals surface area contributed by atoms with Gasteiger partial charge in [0.15, 0.2) is 0 Å². The number of nitriles is 1. The molecule has 0 aromatic carbocycles. The molecule has 0 aliphatic carbocycles. The van der Waals surface area contributed by atoms with Crippen LogP contribution in [0.5, 0.6) is 0 Å². The first kappa shape index (κ1) is 12.2. The van der Waals surface area contributed by atoms with Crippen LogP contribution < -0.4 is 0 Å². The molecule has 0 atom stereocenters. The summed E-state index contributed by atoms with van der Waals surface area (Å²) in [6.45, 7) is 4.95. The predicted molar refractivity (Wildman–Crippen MR) is 57.7 cm³/mol. The minimum atomic E-state index is 0.499. The van der Waals surface area contributed by atoms with Gasteiger partial charge in [0, 0.05) is 5.75 Å². The van der Waals surface area contributed by atoms with Crippen LogP contribution in [0.3, 0.4) is 0 Å². The minimum absolute atomic E-state index is 0.499. The lowest BCUT2D eigenvalue weighted by molar-refractivity contribution is 0.632. The molecule has 0 heterocycles. The standard InChI is InChI=1S/C8H16N2S2/c1-8(2)4-7-11-12-10(3)6-5-9/h8H,4,6-7H2,1-3H3. The lowest BCUT2D eigenvalue weighted by Gasteiger charge is -2.10. The highest BCUT2D eigenvalue weighted by molar-refractivity contribution is 8.75. The molecule has 0 aromatic heterocycles. The van der Waals surface area contributed by atoms with E-state index in [-0.39, 0.29) is 0 Å². The molecule has 0 saturated carbocycles. The number of hydrogen-bond donors (Lipinski definition) is 0. The van der Waals surface area contributed by atoms with E-state index in [0.29, 0.717) is 6.54 Å². The summed E-state index contributed by atoms with van der Waals surface area (Å²) in [6.07, 6.45) is 1.25. The van der Waals surface area contributed by atoms with Gasteiger partial charge in [-0.3, -0.25) is 0 Å². The smallest absolute Gasteiger partial charge is 0.0966 e. The largest absolute Gasteiger partial charge is 0.230 e. The topological polar surface area (TPSA) is 27.0 Å². The lowest BCUT2D eigenvalue weighted by Crippen LogP contribution is -2.06. The summed E-state index contributed by atoms with van der Waals surface area (Å²) < 4.78 is 1.95. The maximum atomic E-state index is 8.37. The van der Waals surface area contributed by atoms with Crippen LogP contribution in [-0.2, 0) is 0 Å². The zero-order chi connectivity index (χ0) is 9.40. The molecular formula is C8H16N2S2. The Hall–Kier alpha value is 0.150. The molecule has 12 heavy (non-hydrogen) atoms. The number of hydrogen-bond acceptors (Lipinski definition) is 4. The predicted octanol–water partition coefficient (Wildman–Crippen LogP) is 2.78. The zero-order valence-corrected chi connectivity index (χ0v) is 9.54. The molecule has 0 fully saturated rings. The van der Waals surface area contributed by atoms with Crippen molar-refractivity contribution in [2.24, 2.45) is 5.92 Å². The van der Waals surface area contributed by atoms with Crippen molar-refractivity contribution >= 4 is 21.8 Å². The van der Waals surface area contributed by atoms with Crippen LogP contribution in [-0.4, -0.2) is 23.7 Å². The molecule has 0 radical (unpaired) electrons. The number of nitrogens with zero attached hydrogens (tertiary/aromatic N) is 2. The van der Waals surface area contributed by atoms with Crippen molar-refractivity contribution in [3.8, 4) is 6.07 Å². The Kier molecular flexibility index (Phi) is 7.88. The van der Waals surface area contributed by atoms with Crippen LogP contribution in [0.25, 0.3) is 0 Å². The maximum Gasteiger partial charge on any atom is 0.0966 e. The van der Waals surface area contributed by atoms with Crippen LogP contribution in [0.2, 0.25) is 0 Å². The van der Waals surface area contributed by atoms with Gasteiger partial charge in [0.05, 0.1) is 12.6 Å². The first-order valence-corrected chi connectivity index (χ1v) is 6.32. The van der Waals surface area contributed by atoms with E-state index in [1.165, 1.54) is 6.42 Å². The van der Waals surface area contributed by atoms with Crippen molar-refractivity contribution in [2.75, 3.05) is 19.3 Å². The van der Waals surface area contributed by atoms with Crippen molar-refractivity contribution in [1.29, 1.82) is 5.26 Å². The zero-order valence-electron chi connectivity index (χ0n) is 7.91. The molecule has 0 N–H and O–H groups in total. The van der Waals surface area contributed by atoms with Gasteiger partial charge in [0.1, 0.15) is 0 Å². The Bertz CT molecular complexity index is 142. The summed E-state index contributed by atoms with van der Waals surface area (Å²) in [5, 5.41) is 8.37. The fourth-order valence-corrected chi connectivity index (χ4v) is 2.68. The Morgan fingerprint density at radius 2 is 2.17 bits per heavy atom. The summed E-state index contributed by atoms with van der Waals surface area (Å²) in [6, 6.07) is 2.11. The molecule has 0 bridgehead atoms. The summed E-state index contributed by atoms with van der Waals surface area (Å²) in [5.41, 5.74) is 0. The van der Waals surface area contributed by atoms with Crippen LogP contribution in [0, 0.1) is 17.2 Å². The molecule has 0 aromatic rings. The van der Waals surface area contributed by atoms with E-state index in [0.717, 1.165) is 11.7 Å². The monoisotopic (exact) mass is 204 g/mol. The Morgan fingerprint density at radius 1 is 1.50 bits per heavy atom. The van der Waals surface area contributed by atoms with E-state index in [4.69, 9.17) is 5.26 Å². The van der Waals surface area contributed by atoms with Crippen molar-refractivity contribution < 1.29 is 0 Å². The molecule has 0 spiro atoms. The summed E-state index contributed by atoms with van der Waals surface area (Å²) in [4.78, 5) is 0. The van der Waals surface area contributed by atoms with E-state index < -0.39 is 0 Å². The second-order valence-electron chi connectivity index (χ2n) is 3.02. The van der Waals surface area contributed by atoms with Crippen molar-refractivity contribution in [2.45, 2.75) is 20.3 Å². The maximum absolute atomic E-state index is 8.37. The summed E-state index contributed by atoms with van der Waals surface area (Å²) in [5.74, 6) is 1.94. The minimum Gasteiger partial charge on any atom is -0.230 e. The Balaban J connectivity index is 3.15. The van der Waals surface area contributed by atoms with E-state index in [1.54, 1.807) is 11.0 Å². The van der Waals surface area contributed by atoms with Gasteiger partial charge in [-0.25, -0.2) is 4.31 Å². The van der Waals surface area contributed by atoms with Gasteiger partial charge >= 0.3 is 0 Å². The summed E-state index contributed by atoms with van der Waals surface area (Å²) in [7, 11) is 5.43. The second-order valence-corrected chi connectivity index (χ2v) is 5.59. The van der Waals surface area contributed by atoms with Crippen molar-refractivity contribution in [1.82, 2.24) is 4.31 Å². The van der Waals surface area contributed by atoms with Crippen molar-refractivity contribution in [3.05, 3.63) is 0 Å². The number of rotatable bonds is 6. The SMILES string of the molecule is CC(C)CCSSN(C)CC#N. The fourth-order valence-electron chi connectivity index (χ4n) is 0.537. The molecule has 0 rings (SSSR count). The quantitative estimate of drug-likeness (QED) is 0.288. The molecule has 2 nitrogen and oxygen atoms in total. The van der Waals surface area contributed by atoms with Gasteiger partial charge in [0.25, 0.3) is 0 Å². The molecule has 70 valence electrons. The third kappa shape index (κ3) is 8.25. The normalized spacial score (nSPS) is 10.7. The molecule has 0 aliphatic heterocycles. The first-order chi connectivity index (χ1) is 5.66. The van der Waals surface area contributed by atoms with Gasteiger partial charge in [0.2, 0.25) is 0 Å². The van der Waals surface area contributed by atoms with Gasteiger partial charge < -0.3 is 0 Å². The highest BCUT2D eigenvalue weighted by atomic mass is 33.1. The van der Waals surface area contributed by atoms with Crippen LogP contribution in [0.4, 0.5) is 0 Å². The molecule has 0 amide bonds. The summed E-state index contributed by atoms with van der Waals surface area (Å²) >= 11 is 0. The highest BCUT2D eigenvalue weighted by Crippen LogP contribution is 2.25. The van der Waals surface area contributed by atoms with E-state index in [1.807, 2.05) is 22.1 Å². The molecule has 0 unspecified atom stereocenters. The molecule has 0 saturated heterocycles. The third-order valence-electron chi connectivity index (χ3n) is 1.25. The van der Waals surface area contributed by atoms with Gasteiger partial charge in [-0.05, 0) is 30.4 Å². The van der Waals surface area contributed by atoms with Crippen LogP contribution in [0.15, 0.2) is 0 Å². The lowest BCUT2D eigenvalue weighted by atomic mass is 10.2. The van der Waals surface area contributed by atoms with E-state index >= 15 is 0 Å². The second kappa shape index (κ2) is 7.78. The molecule has 0 aliphatic rings. The fraction of sp³-hybridized carbons (Fsp3) is 0.875. The van der Waals surface area contributed by atoms with E-state index in [2.05, 4.69) is 19.9 Å². The van der Waals surface area contributed by atoms with Gasteiger partial charge in [-0.15, -0.1) is 0 Å². The van der Waals surface area contributed by atoms with Crippen molar-refractivity contribution in [3.63, 3.8) is 0 Å². The van der Waals surface area contributed by atoms with Crippen LogP contribution >= 0.6 is 21.8 Å². The molecule has 4 heteroatoms. The Morgan fingerprint density at radius 3 is 2.67 bits per heavy atom. The van der Waals surface area contributed by atoms with Gasteiger partial charge in [-0.2, -0.15) is 5.26 Å². The average molecular weight is 204 g/mol.